The van der Waals surface area contributed by atoms with E-state index in [2.05, 4.69) is 5.32 Å². The van der Waals surface area contributed by atoms with Crippen LogP contribution in [0.1, 0.15) is 59.1 Å². The van der Waals surface area contributed by atoms with Crippen LogP contribution in [0.25, 0.3) is 0 Å². The summed E-state index contributed by atoms with van der Waals surface area (Å²) in [6.45, 7) is 9.01. The van der Waals surface area contributed by atoms with Crippen LogP contribution in [0.3, 0.4) is 0 Å². The van der Waals surface area contributed by atoms with Gasteiger partial charge in [0.25, 0.3) is 0 Å². The zero-order valence-electron chi connectivity index (χ0n) is 20.0. The first kappa shape index (κ1) is 23.7. The summed E-state index contributed by atoms with van der Waals surface area (Å²) in [4.78, 5) is 42.2. The number of nitrogens with zero attached hydrogens (tertiary/aromatic N) is 1. The van der Waals surface area contributed by atoms with Crippen molar-refractivity contribution in [3.8, 4) is 0 Å². The zero-order valence-corrected chi connectivity index (χ0v) is 20.0. The molecule has 3 saturated heterocycles. The van der Waals surface area contributed by atoms with Gasteiger partial charge in [-0.05, 0) is 53.0 Å². The van der Waals surface area contributed by atoms with Crippen LogP contribution in [0.4, 0.5) is 0 Å². The summed E-state index contributed by atoms with van der Waals surface area (Å²) < 4.78 is 11.9. The molecule has 2 N–H and O–H groups in total. The number of likely N-dealkylation sites (tertiary alicyclic amines) is 1. The molecule has 0 aromatic heterocycles. The standard InChI is InChI=1S/C25H34N2O6/c1-6-32-22(31)18-17-21(30)27(16(14-28)15-10-8-7-9-11-15)19(20(29)26-23(2,3)4)25(17)13-12-24(18,5)33-25/h7-11,16-19,28H,6,12-14H2,1-5H3,(H,26,29)/t16-,17+,18-,19?,24+,25?/m1/s1. The molecule has 0 saturated carbocycles. The fourth-order valence-corrected chi connectivity index (χ4v) is 6.06. The molecule has 2 bridgehead atoms. The van der Waals surface area contributed by atoms with Crippen LogP contribution >= 0.6 is 0 Å². The lowest BCUT2D eigenvalue weighted by Gasteiger charge is -2.38. The summed E-state index contributed by atoms with van der Waals surface area (Å²) in [5.74, 6) is -2.82. The van der Waals surface area contributed by atoms with E-state index in [1.165, 1.54) is 4.90 Å². The first-order valence-electron chi connectivity index (χ1n) is 11.7. The number of esters is 1. The molecule has 0 radical (unpaired) electrons. The highest BCUT2D eigenvalue weighted by Crippen LogP contribution is 2.64. The van der Waals surface area contributed by atoms with Crippen molar-refractivity contribution in [3.05, 3.63) is 35.9 Å². The van der Waals surface area contributed by atoms with Crippen molar-refractivity contribution in [1.82, 2.24) is 10.2 Å². The van der Waals surface area contributed by atoms with Crippen molar-refractivity contribution in [2.45, 2.75) is 76.3 Å². The van der Waals surface area contributed by atoms with Crippen molar-refractivity contribution in [2.24, 2.45) is 11.8 Å². The molecule has 8 nitrogen and oxygen atoms in total. The van der Waals surface area contributed by atoms with Gasteiger partial charge in [-0.15, -0.1) is 0 Å². The van der Waals surface area contributed by atoms with Crippen molar-refractivity contribution in [3.63, 3.8) is 0 Å². The molecule has 6 atom stereocenters. The SMILES string of the molecule is CCOC(=O)[C@H]1[C@H]2C(=O)N([C@H](CO)c3ccccc3)C(C(=O)NC(C)(C)C)C23CC[C@]1(C)O3. The molecule has 3 aliphatic rings. The molecular formula is C25H34N2O6. The van der Waals surface area contributed by atoms with Crippen LogP contribution < -0.4 is 5.32 Å². The molecular weight excluding hydrogens is 424 g/mol. The zero-order chi connectivity index (χ0) is 24.2. The molecule has 1 aromatic carbocycles. The number of hydrogen-bond acceptors (Lipinski definition) is 6. The third-order valence-electron chi connectivity index (χ3n) is 7.19. The van der Waals surface area contributed by atoms with Gasteiger partial charge in [-0.25, -0.2) is 0 Å². The Labute approximate surface area is 194 Å². The summed E-state index contributed by atoms with van der Waals surface area (Å²) >= 11 is 0. The fourth-order valence-electron chi connectivity index (χ4n) is 6.06. The van der Waals surface area contributed by atoms with Gasteiger partial charge in [0.05, 0.1) is 30.8 Å². The maximum absolute atomic E-state index is 14.0. The van der Waals surface area contributed by atoms with E-state index in [9.17, 15) is 19.5 Å². The van der Waals surface area contributed by atoms with Crippen LogP contribution in [0, 0.1) is 11.8 Å². The Kier molecular flexibility index (Phi) is 5.81. The van der Waals surface area contributed by atoms with Gasteiger partial charge in [-0.3, -0.25) is 14.4 Å². The number of benzene rings is 1. The predicted molar refractivity (Wildman–Crippen MR) is 120 cm³/mol. The highest BCUT2D eigenvalue weighted by Gasteiger charge is 2.79. The molecule has 180 valence electrons. The number of nitrogens with one attached hydrogen (secondary N) is 1. The van der Waals surface area contributed by atoms with Gasteiger partial charge in [0, 0.05) is 5.54 Å². The Balaban J connectivity index is 1.84. The summed E-state index contributed by atoms with van der Waals surface area (Å²) in [7, 11) is 0. The van der Waals surface area contributed by atoms with Crippen LogP contribution in [-0.4, -0.2) is 63.8 Å². The van der Waals surface area contributed by atoms with E-state index in [1.54, 1.807) is 6.92 Å². The van der Waals surface area contributed by atoms with Crippen LogP contribution in [0.15, 0.2) is 30.3 Å². The van der Waals surface area contributed by atoms with Gasteiger partial charge in [0.2, 0.25) is 11.8 Å². The lowest BCUT2D eigenvalue weighted by Crippen LogP contribution is -2.59. The third-order valence-corrected chi connectivity index (χ3v) is 7.19. The van der Waals surface area contributed by atoms with Crippen molar-refractivity contribution >= 4 is 17.8 Å². The minimum absolute atomic E-state index is 0.195. The number of carbonyl (C=O) groups is 3. The van der Waals surface area contributed by atoms with Gasteiger partial charge in [-0.2, -0.15) is 0 Å². The van der Waals surface area contributed by atoms with E-state index < -0.39 is 46.6 Å². The van der Waals surface area contributed by atoms with E-state index in [1.807, 2.05) is 58.0 Å². The van der Waals surface area contributed by atoms with E-state index in [0.717, 1.165) is 0 Å². The van der Waals surface area contributed by atoms with Crippen LogP contribution in [0.2, 0.25) is 0 Å². The first-order valence-corrected chi connectivity index (χ1v) is 11.7. The normalized spacial score (nSPS) is 33.7. The monoisotopic (exact) mass is 458 g/mol. The summed E-state index contributed by atoms with van der Waals surface area (Å²) in [6.07, 6.45) is 1.02. The Morgan fingerprint density at radius 1 is 1.27 bits per heavy atom. The topological polar surface area (TPSA) is 105 Å². The second-order valence-electron chi connectivity index (χ2n) is 10.6. The minimum atomic E-state index is -1.15. The summed E-state index contributed by atoms with van der Waals surface area (Å²) in [6, 6.07) is 7.42. The van der Waals surface area contributed by atoms with Gasteiger partial charge in [0.1, 0.15) is 17.6 Å². The molecule has 1 aromatic rings. The summed E-state index contributed by atoms with van der Waals surface area (Å²) in [5, 5.41) is 13.4. The highest BCUT2D eigenvalue weighted by molar-refractivity contribution is 5.99. The van der Waals surface area contributed by atoms with Crippen molar-refractivity contribution in [1.29, 1.82) is 0 Å². The Morgan fingerprint density at radius 3 is 2.52 bits per heavy atom. The van der Waals surface area contributed by atoms with Crippen molar-refractivity contribution in [2.75, 3.05) is 13.2 Å². The highest BCUT2D eigenvalue weighted by atomic mass is 16.6. The number of hydrogen-bond donors (Lipinski definition) is 2. The first-order chi connectivity index (χ1) is 15.5. The van der Waals surface area contributed by atoms with Crippen molar-refractivity contribution < 1.29 is 29.0 Å². The van der Waals surface area contributed by atoms with Gasteiger partial charge >= 0.3 is 5.97 Å². The maximum atomic E-state index is 14.0. The quantitative estimate of drug-likeness (QED) is 0.632. The number of amides is 2. The number of aliphatic hydroxyl groups is 1. The molecule has 4 rings (SSSR count). The van der Waals surface area contributed by atoms with Crippen LogP contribution in [-0.2, 0) is 23.9 Å². The second kappa shape index (κ2) is 8.09. The largest absolute Gasteiger partial charge is 0.466 e. The average molecular weight is 459 g/mol. The molecule has 3 fully saturated rings. The molecule has 1 spiro atoms. The lowest BCUT2D eigenvalue weighted by atomic mass is 9.66. The fraction of sp³-hybridized carbons (Fsp3) is 0.640. The number of fused-ring (bicyclic) bond motifs is 1. The van der Waals surface area contributed by atoms with Gasteiger partial charge < -0.3 is 24.8 Å². The van der Waals surface area contributed by atoms with Crippen LogP contribution in [0.5, 0.6) is 0 Å². The number of aliphatic hydroxyl groups excluding tert-OH is 1. The molecule has 2 amide bonds. The molecule has 0 aliphatic carbocycles. The summed E-state index contributed by atoms with van der Waals surface area (Å²) in [5.41, 5.74) is -1.85. The van der Waals surface area contributed by atoms with Gasteiger partial charge in [0.15, 0.2) is 0 Å². The molecule has 3 heterocycles. The predicted octanol–water partition coefficient (Wildman–Crippen LogP) is 1.96. The van der Waals surface area contributed by atoms with E-state index in [0.29, 0.717) is 18.4 Å². The molecule has 3 aliphatic heterocycles. The minimum Gasteiger partial charge on any atom is -0.466 e. The van der Waals surface area contributed by atoms with E-state index in [4.69, 9.17) is 9.47 Å². The lowest BCUT2D eigenvalue weighted by molar-refractivity contribution is -0.160. The average Bonchev–Trinajstić information content (AvgIpc) is 3.30. The van der Waals surface area contributed by atoms with E-state index >= 15 is 0 Å². The Morgan fingerprint density at radius 2 is 1.94 bits per heavy atom. The Bertz CT molecular complexity index is 944. The third kappa shape index (κ3) is 3.64. The number of ether oxygens (including phenoxy) is 2. The number of rotatable bonds is 6. The van der Waals surface area contributed by atoms with E-state index in [-0.39, 0.29) is 25.0 Å². The molecule has 33 heavy (non-hydrogen) atoms. The second-order valence-corrected chi connectivity index (χ2v) is 10.6. The smallest absolute Gasteiger partial charge is 0.312 e. The number of carbonyl (C=O) groups excluding carboxylic acids is 3. The molecule has 2 unspecified atom stereocenters. The maximum Gasteiger partial charge on any atom is 0.312 e. The molecule has 8 heteroatoms. The Hall–Kier alpha value is -2.45. The van der Waals surface area contributed by atoms with Gasteiger partial charge in [-0.1, -0.05) is 30.3 Å².